The molecule has 0 spiro atoms. The van der Waals surface area contributed by atoms with E-state index in [4.69, 9.17) is 0 Å². The first-order chi connectivity index (χ1) is 13.2. The van der Waals surface area contributed by atoms with Gasteiger partial charge in [0, 0.05) is 24.8 Å². The molecule has 0 bridgehead atoms. The summed E-state index contributed by atoms with van der Waals surface area (Å²) in [6.07, 6.45) is -0.141. The summed E-state index contributed by atoms with van der Waals surface area (Å²) >= 11 is 0. The van der Waals surface area contributed by atoms with E-state index in [-0.39, 0.29) is 5.56 Å². The zero-order valence-corrected chi connectivity index (χ0v) is 15.8. The van der Waals surface area contributed by atoms with E-state index in [1.165, 1.54) is 4.57 Å². The molecule has 152 valence electrons. The van der Waals surface area contributed by atoms with E-state index in [0.29, 0.717) is 18.0 Å². The van der Waals surface area contributed by atoms with E-state index in [0.717, 1.165) is 56.6 Å². The molecule has 5 nitrogen and oxygen atoms in total. The Kier molecular flexibility index (Phi) is 6.07. The number of rotatable bonds is 6. The van der Waals surface area contributed by atoms with Crippen molar-refractivity contribution in [3.8, 4) is 0 Å². The molecule has 0 saturated carbocycles. The average molecular weight is 395 g/mol. The Balaban J connectivity index is 1.46. The number of likely N-dealkylation sites (tertiary alicyclic amines) is 1. The van der Waals surface area contributed by atoms with Gasteiger partial charge in [0.1, 0.15) is 0 Å². The molecule has 1 saturated heterocycles. The summed E-state index contributed by atoms with van der Waals surface area (Å²) in [6, 6.07) is 5.42. The Morgan fingerprint density at radius 2 is 1.86 bits per heavy atom. The first-order valence-electron chi connectivity index (χ1n) is 9.41. The lowest BCUT2D eigenvalue weighted by molar-refractivity contribution is -0.137. The largest absolute Gasteiger partial charge is 0.416 e. The van der Waals surface area contributed by atoms with Crippen LogP contribution in [-0.2, 0) is 19.1 Å². The fourth-order valence-corrected chi connectivity index (χ4v) is 3.69. The number of benzene rings is 1. The minimum Gasteiger partial charge on any atom is -0.303 e. The number of H-pyrrole nitrogens is 1. The van der Waals surface area contributed by atoms with Crippen molar-refractivity contribution in [2.75, 3.05) is 19.6 Å². The van der Waals surface area contributed by atoms with Crippen LogP contribution in [0.1, 0.15) is 29.5 Å². The van der Waals surface area contributed by atoms with Gasteiger partial charge in [0.25, 0.3) is 5.56 Å². The minimum absolute atomic E-state index is 0.355. The summed E-state index contributed by atoms with van der Waals surface area (Å²) in [4.78, 5) is 27.8. The topological polar surface area (TPSA) is 58.1 Å². The predicted molar refractivity (Wildman–Crippen MR) is 100 cm³/mol. The van der Waals surface area contributed by atoms with Gasteiger partial charge in [-0.25, -0.2) is 4.79 Å². The van der Waals surface area contributed by atoms with Crippen molar-refractivity contribution in [2.45, 2.75) is 38.9 Å². The van der Waals surface area contributed by atoms with Crippen LogP contribution in [0, 0.1) is 12.8 Å². The van der Waals surface area contributed by atoms with Gasteiger partial charge in [0.05, 0.1) is 5.56 Å². The second-order valence-electron chi connectivity index (χ2n) is 7.47. The number of aromatic amines is 1. The summed E-state index contributed by atoms with van der Waals surface area (Å²) in [5, 5.41) is 0. The Labute approximate surface area is 160 Å². The van der Waals surface area contributed by atoms with Gasteiger partial charge in [-0.15, -0.1) is 0 Å². The van der Waals surface area contributed by atoms with Crippen LogP contribution >= 0.6 is 0 Å². The maximum absolute atomic E-state index is 12.6. The van der Waals surface area contributed by atoms with E-state index < -0.39 is 17.4 Å². The van der Waals surface area contributed by atoms with Crippen molar-refractivity contribution in [3.63, 3.8) is 0 Å². The minimum atomic E-state index is -4.30. The fourth-order valence-electron chi connectivity index (χ4n) is 3.69. The number of alkyl halides is 3. The van der Waals surface area contributed by atoms with E-state index in [9.17, 15) is 22.8 Å². The lowest BCUT2D eigenvalue weighted by Crippen LogP contribution is -2.32. The van der Waals surface area contributed by atoms with Crippen molar-refractivity contribution >= 4 is 0 Å². The normalized spacial score (nSPS) is 17.9. The van der Waals surface area contributed by atoms with E-state index in [1.54, 1.807) is 25.3 Å². The lowest BCUT2D eigenvalue weighted by Gasteiger charge is -2.16. The molecule has 2 aromatic rings. The molecule has 3 rings (SSSR count). The molecule has 0 radical (unpaired) electrons. The summed E-state index contributed by atoms with van der Waals surface area (Å²) in [5.41, 5.74) is 0.0774. The second kappa shape index (κ2) is 8.34. The van der Waals surface area contributed by atoms with Crippen LogP contribution in [0.4, 0.5) is 13.2 Å². The van der Waals surface area contributed by atoms with Crippen molar-refractivity contribution in [1.82, 2.24) is 14.5 Å². The van der Waals surface area contributed by atoms with E-state index in [2.05, 4.69) is 9.88 Å². The van der Waals surface area contributed by atoms with E-state index >= 15 is 0 Å². The standard InChI is InChI=1S/C20H24F3N3O2/c1-14-12-26(19(28)24-18(14)27)9-2-8-25-10-7-16(13-25)11-15-3-5-17(6-4-15)20(21,22)23/h3-6,12,16H,2,7-11,13H2,1H3,(H,24,27,28). The van der Waals surface area contributed by atoms with Gasteiger partial charge in [-0.05, 0) is 62.9 Å². The Morgan fingerprint density at radius 1 is 1.14 bits per heavy atom. The van der Waals surface area contributed by atoms with Gasteiger partial charge in [0.2, 0.25) is 0 Å². The fraction of sp³-hybridized carbons (Fsp3) is 0.500. The van der Waals surface area contributed by atoms with Crippen molar-refractivity contribution in [3.05, 3.63) is 68.0 Å². The Hall–Kier alpha value is -2.35. The summed E-state index contributed by atoms with van der Waals surface area (Å²) in [5.74, 6) is 0.426. The third kappa shape index (κ3) is 5.13. The molecule has 0 aliphatic carbocycles. The number of halogens is 3. The van der Waals surface area contributed by atoms with Crippen molar-refractivity contribution in [1.29, 1.82) is 0 Å². The molecule has 1 fully saturated rings. The number of hydrogen-bond acceptors (Lipinski definition) is 3. The van der Waals surface area contributed by atoms with Crippen molar-refractivity contribution in [2.24, 2.45) is 5.92 Å². The number of nitrogens with zero attached hydrogens (tertiary/aromatic N) is 2. The van der Waals surface area contributed by atoms with Crippen LogP contribution in [0.5, 0.6) is 0 Å². The maximum atomic E-state index is 12.6. The molecule has 28 heavy (non-hydrogen) atoms. The first-order valence-corrected chi connectivity index (χ1v) is 9.41. The highest BCUT2D eigenvalue weighted by molar-refractivity contribution is 5.25. The van der Waals surface area contributed by atoms with Gasteiger partial charge in [-0.3, -0.25) is 9.78 Å². The average Bonchev–Trinajstić information content (AvgIpc) is 3.06. The third-order valence-corrected chi connectivity index (χ3v) is 5.24. The molecule has 0 amide bonds. The molecule has 1 N–H and O–H groups in total. The predicted octanol–water partition coefficient (Wildman–Crippen LogP) is 2.82. The number of hydrogen-bond donors (Lipinski definition) is 1. The maximum Gasteiger partial charge on any atom is 0.416 e. The SMILES string of the molecule is Cc1cn(CCCN2CCC(Cc3ccc(C(F)(F)F)cc3)C2)c(=O)[nH]c1=O. The zero-order valence-electron chi connectivity index (χ0n) is 15.8. The summed E-state index contributed by atoms with van der Waals surface area (Å²) in [6.45, 7) is 4.90. The van der Waals surface area contributed by atoms with Gasteiger partial charge >= 0.3 is 11.9 Å². The quantitative estimate of drug-likeness (QED) is 0.818. The van der Waals surface area contributed by atoms with Gasteiger partial charge < -0.3 is 9.47 Å². The lowest BCUT2D eigenvalue weighted by atomic mass is 9.98. The molecule has 1 aliphatic heterocycles. The Morgan fingerprint density at radius 3 is 2.54 bits per heavy atom. The molecule has 1 atom stereocenters. The van der Waals surface area contributed by atoms with Gasteiger partial charge in [-0.2, -0.15) is 13.2 Å². The first kappa shape index (κ1) is 20.4. The smallest absolute Gasteiger partial charge is 0.303 e. The van der Waals surface area contributed by atoms with Crippen LogP contribution in [0.15, 0.2) is 40.1 Å². The molecule has 2 heterocycles. The zero-order chi connectivity index (χ0) is 20.3. The highest BCUT2D eigenvalue weighted by Gasteiger charge is 2.30. The molecule has 1 aromatic carbocycles. The summed E-state index contributed by atoms with van der Waals surface area (Å²) in [7, 11) is 0. The summed E-state index contributed by atoms with van der Waals surface area (Å²) < 4.78 is 39.4. The van der Waals surface area contributed by atoms with Gasteiger partial charge in [0.15, 0.2) is 0 Å². The monoisotopic (exact) mass is 395 g/mol. The molecule has 1 aromatic heterocycles. The van der Waals surface area contributed by atoms with Crippen LogP contribution in [0.2, 0.25) is 0 Å². The molecule has 1 unspecified atom stereocenters. The number of aromatic nitrogens is 2. The molecule has 1 aliphatic rings. The van der Waals surface area contributed by atoms with Crippen LogP contribution in [0.25, 0.3) is 0 Å². The number of nitrogens with one attached hydrogen (secondary N) is 1. The van der Waals surface area contributed by atoms with Crippen LogP contribution in [0.3, 0.4) is 0 Å². The van der Waals surface area contributed by atoms with Crippen molar-refractivity contribution < 1.29 is 13.2 Å². The van der Waals surface area contributed by atoms with Crippen LogP contribution < -0.4 is 11.2 Å². The van der Waals surface area contributed by atoms with Gasteiger partial charge in [-0.1, -0.05) is 12.1 Å². The van der Waals surface area contributed by atoms with E-state index in [1.807, 2.05) is 0 Å². The molecule has 8 heteroatoms. The van der Waals surface area contributed by atoms with Crippen LogP contribution in [-0.4, -0.2) is 34.1 Å². The third-order valence-electron chi connectivity index (χ3n) is 5.24. The highest BCUT2D eigenvalue weighted by atomic mass is 19.4. The highest BCUT2D eigenvalue weighted by Crippen LogP contribution is 2.30. The molecular formula is C20H24F3N3O2. The number of aryl methyl sites for hydroxylation is 2. The Bertz CT molecular complexity index is 916. The molecular weight excluding hydrogens is 371 g/mol. The second-order valence-corrected chi connectivity index (χ2v) is 7.47.